The Bertz CT molecular complexity index is 2630. The first kappa shape index (κ1) is 47.6. The number of aromatic hydroxyl groups is 4. The van der Waals surface area contributed by atoms with Crippen molar-refractivity contribution >= 4 is 28.6 Å². The fraction of sp³-hybridized carbons (Fsp3) is 0.411. The quantitative estimate of drug-likeness (QED) is 0.111. The van der Waals surface area contributed by atoms with Gasteiger partial charge in [0.1, 0.15) is 29.0 Å². The number of benzene rings is 5. The number of aromatic nitrogens is 1. The van der Waals surface area contributed by atoms with Crippen molar-refractivity contribution in [3.8, 4) is 23.0 Å². The molecule has 8 nitrogen and oxygen atoms in total. The van der Waals surface area contributed by atoms with E-state index in [0.717, 1.165) is 38.7 Å². The molecule has 1 aliphatic heterocycles. The molecular weight excluding hydrogens is 829 g/mol. The van der Waals surface area contributed by atoms with Crippen molar-refractivity contribution in [2.45, 2.75) is 153 Å². The van der Waals surface area contributed by atoms with E-state index in [1.807, 2.05) is 83.9 Å². The molecule has 0 amide bonds. The molecule has 2 heterocycles. The number of fused-ring (bicyclic) bond motifs is 9. The first-order valence-corrected chi connectivity index (χ1v) is 23.5. The molecule has 5 N–H and O–H groups in total. The summed E-state index contributed by atoms with van der Waals surface area (Å²) in [6, 6.07) is 23.3. The molecule has 0 fully saturated rings. The lowest BCUT2D eigenvalue weighted by molar-refractivity contribution is -0.147. The van der Waals surface area contributed by atoms with Crippen LogP contribution in [-0.2, 0) is 63.5 Å². The number of carbonyl (C=O) groups is 1. The summed E-state index contributed by atoms with van der Waals surface area (Å²) in [6.45, 7) is 25.9. The maximum Gasteiger partial charge on any atom is 0.323 e. The zero-order valence-electron chi connectivity index (χ0n) is 40.6. The molecule has 1 aromatic heterocycles. The van der Waals surface area contributed by atoms with Gasteiger partial charge < -0.3 is 30.1 Å². The lowest BCUT2D eigenvalue weighted by atomic mass is 9.82. The number of esters is 1. The molecule has 5 aromatic carbocycles. The average Bonchev–Trinajstić information content (AvgIpc) is 3.62. The van der Waals surface area contributed by atoms with Gasteiger partial charge in [-0.2, -0.15) is 0 Å². The molecule has 7 rings (SSSR count). The Morgan fingerprint density at radius 2 is 0.985 bits per heavy atom. The first-order valence-electron chi connectivity index (χ1n) is 22.7. The molecule has 0 saturated carbocycles. The summed E-state index contributed by atoms with van der Waals surface area (Å²) >= 11 is 1.33. The van der Waals surface area contributed by atoms with Crippen molar-refractivity contribution in [3.05, 3.63) is 140 Å². The van der Waals surface area contributed by atoms with Crippen molar-refractivity contribution in [1.29, 1.82) is 0 Å². The van der Waals surface area contributed by atoms with Crippen molar-refractivity contribution < 1.29 is 30.0 Å². The van der Waals surface area contributed by atoms with Gasteiger partial charge >= 0.3 is 5.97 Å². The summed E-state index contributed by atoms with van der Waals surface area (Å²) in [6.07, 6.45) is 2.67. The number of para-hydroxylation sites is 1. The van der Waals surface area contributed by atoms with Gasteiger partial charge in [-0.3, -0.25) is 9.69 Å². The number of rotatable bonds is 4. The Balaban J connectivity index is 1.55. The van der Waals surface area contributed by atoms with E-state index in [-0.39, 0.29) is 70.6 Å². The van der Waals surface area contributed by atoms with E-state index in [1.165, 1.54) is 18.9 Å². The van der Waals surface area contributed by atoms with Gasteiger partial charge in [0.25, 0.3) is 0 Å². The summed E-state index contributed by atoms with van der Waals surface area (Å²) in [5.41, 5.74) is 8.41. The highest BCUT2D eigenvalue weighted by molar-refractivity contribution is 7.99. The van der Waals surface area contributed by atoms with Crippen molar-refractivity contribution in [2.24, 2.45) is 0 Å². The third kappa shape index (κ3) is 10.1. The Morgan fingerprint density at radius 3 is 1.40 bits per heavy atom. The molecular formula is C56H68N2O6S. The number of methoxy groups -OCH3 is 1. The monoisotopic (exact) mass is 896 g/mol. The smallest absolute Gasteiger partial charge is 0.323 e. The average molecular weight is 897 g/mol. The van der Waals surface area contributed by atoms with Crippen LogP contribution in [0.5, 0.6) is 23.0 Å². The number of aromatic amines is 1. The zero-order chi connectivity index (χ0) is 47.6. The molecule has 6 aromatic rings. The van der Waals surface area contributed by atoms with Crippen LogP contribution < -0.4 is 0 Å². The van der Waals surface area contributed by atoms with Gasteiger partial charge in [0.15, 0.2) is 0 Å². The largest absolute Gasteiger partial charge is 0.507 e. The van der Waals surface area contributed by atoms with E-state index in [4.69, 9.17) is 4.74 Å². The molecule has 0 saturated heterocycles. The number of phenolic OH excluding ortho intramolecular Hbond substituents is 4. The second-order valence-corrected chi connectivity index (χ2v) is 23.3. The second kappa shape index (κ2) is 17.4. The first-order chi connectivity index (χ1) is 30.2. The molecule has 0 spiro atoms. The molecule has 0 radical (unpaired) electrons. The molecule has 1 unspecified atom stereocenters. The van der Waals surface area contributed by atoms with E-state index < -0.39 is 12.0 Å². The number of phenols is 4. The fourth-order valence-electron chi connectivity index (χ4n) is 8.77. The van der Waals surface area contributed by atoms with Crippen LogP contribution in [0.4, 0.5) is 0 Å². The SMILES string of the molecule is COC(=O)C(Cc1c[nH]c2ccccc12)N1Cc2cc(C(C)(C)C)cc(c2O)Cc2cc(C(C)(C)C)cc(c2O)Sc2cc(C(C)(C)C)cc(c2O)Cc2cc(C(C)(C)C)cc(c2O)C1. The molecule has 1 aliphatic rings. The van der Waals surface area contributed by atoms with Crippen molar-refractivity contribution in [2.75, 3.05) is 7.11 Å². The summed E-state index contributed by atoms with van der Waals surface area (Å²) < 4.78 is 5.60. The molecule has 1 atom stereocenters. The van der Waals surface area contributed by atoms with Crippen LogP contribution in [0.15, 0.2) is 88.8 Å². The summed E-state index contributed by atoms with van der Waals surface area (Å²) in [4.78, 5) is 20.9. The molecule has 9 heteroatoms. The Hall–Kier alpha value is -5.38. The lowest BCUT2D eigenvalue weighted by Gasteiger charge is -2.32. The van der Waals surface area contributed by atoms with Crippen LogP contribution >= 0.6 is 11.8 Å². The summed E-state index contributed by atoms with van der Waals surface area (Å²) in [5, 5.41) is 50.7. The maximum absolute atomic E-state index is 14.3. The van der Waals surface area contributed by atoms with E-state index >= 15 is 0 Å². The van der Waals surface area contributed by atoms with E-state index in [9.17, 15) is 25.2 Å². The molecule has 344 valence electrons. The van der Waals surface area contributed by atoms with E-state index in [1.54, 1.807) is 0 Å². The molecule has 0 aliphatic carbocycles. The maximum atomic E-state index is 14.3. The van der Waals surface area contributed by atoms with Crippen LogP contribution in [-0.4, -0.2) is 49.4 Å². The van der Waals surface area contributed by atoms with E-state index in [0.29, 0.717) is 49.6 Å². The Morgan fingerprint density at radius 1 is 0.600 bits per heavy atom. The van der Waals surface area contributed by atoms with Crippen LogP contribution in [0, 0.1) is 0 Å². The summed E-state index contributed by atoms with van der Waals surface area (Å²) in [7, 11) is 1.40. The third-order valence-electron chi connectivity index (χ3n) is 13.0. The standard InChI is InChI=1S/C56H68N2O6S/c1-53(2,3)39-20-32-18-34-22-41(55(7,8)9)27-46(50(34)61)65-47-28-42(56(10,11)12)23-35(51(47)62)19-33-21-40(54(4,5)6)25-38(49(33)60)31-58(30-37(24-39)48(32)59)45(52(63)64-13)26-36-29-57-44-17-15-14-16-43(36)44/h14-17,20-25,27-29,45,57,59-62H,18-19,26,30-31H2,1-13H3. The summed E-state index contributed by atoms with van der Waals surface area (Å²) in [5.74, 6) is -0.133. The van der Waals surface area contributed by atoms with Crippen molar-refractivity contribution in [3.63, 3.8) is 0 Å². The van der Waals surface area contributed by atoms with Crippen LogP contribution in [0.3, 0.4) is 0 Å². The number of H-pyrrole nitrogens is 1. The van der Waals surface area contributed by atoms with Gasteiger partial charge in [-0.05, 0) is 89.9 Å². The number of hydrogen-bond donors (Lipinski definition) is 5. The fourth-order valence-corrected chi connectivity index (χ4v) is 9.83. The topological polar surface area (TPSA) is 126 Å². The number of nitrogens with one attached hydrogen (secondary N) is 1. The predicted molar refractivity (Wildman–Crippen MR) is 264 cm³/mol. The van der Waals surface area contributed by atoms with Crippen molar-refractivity contribution in [1.82, 2.24) is 9.88 Å². The minimum atomic E-state index is -0.839. The second-order valence-electron chi connectivity index (χ2n) is 22.2. The van der Waals surface area contributed by atoms with Gasteiger partial charge in [0.2, 0.25) is 0 Å². The minimum absolute atomic E-state index is 0.0723. The number of ether oxygens (including phenoxy) is 1. The number of hydrogen-bond acceptors (Lipinski definition) is 8. The van der Waals surface area contributed by atoms with Gasteiger partial charge in [-0.1, -0.05) is 149 Å². The number of nitrogens with zero attached hydrogens (tertiary/aromatic N) is 1. The number of carbonyl (C=O) groups excluding carboxylic acids is 1. The lowest BCUT2D eigenvalue weighted by Crippen LogP contribution is -2.42. The van der Waals surface area contributed by atoms with Crippen LogP contribution in [0.25, 0.3) is 10.9 Å². The zero-order valence-corrected chi connectivity index (χ0v) is 41.4. The van der Waals surface area contributed by atoms with Gasteiger partial charge in [-0.15, -0.1) is 0 Å². The highest BCUT2D eigenvalue weighted by Gasteiger charge is 2.33. The highest BCUT2D eigenvalue weighted by atomic mass is 32.2. The third-order valence-corrected chi connectivity index (χ3v) is 14.1. The Labute approximate surface area is 390 Å². The minimum Gasteiger partial charge on any atom is -0.507 e. The Kier molecular flexibility index (Phi) is 12.8. The predicted octanol–water partition coefficient (Wildman–Crippen LogP) is 12.6. The van der Waals surface area contributed by atoms with Gasteiger partial charge in [-0.25, -0.2) is 0 Å². The highest BCUT2D eigenvalue weighted by Crippen LogP contribution is 2.48. The molecule has 65 heavy (non-hydrogen) atoms. The van der Waals surface area contributed by atoms with Gasteiger partial charge in [0.05, 0.1) is 16.9 Å². The normalized spacial score (nSPS) is 14.8. The van der Waals surface area contributed by atoms with Gasteiger partial charge in [0, 0.05) is 60.6 Å². The van der Waals surface area contributed by atoms with Crippen LogP contribution in [0.2, 0.25) is 0 Å². The van der Waals surface area contributed by atoms with Crippen LogP contribution in [0.1, 0.15) is 144 Å². The molecule has 8 bridgehead atoms. The van der Waals surface area contributed by atoms with E-state index in [2.05, 4.69) is 88.1 Å².